The molecule has 1 saturated heterocycles. The van der Waals surface area contributed by atoms with Gasteiger partial charge in [0.15, 0.2) is 0 Å². The molecule has 0 unspecified atom stereocenters. The van der Waals surface area contributed by atoms with Crippen molar-refractivity contribution in [2.24, 2.45) is 23.2 Å². The Morgan fingerprint density at radius 2 is 1.89 bits per heavy atom. The summed E-state index contributed by atoms with van der Waals surface area (Å²) in [5, 5.41) is 0. The minimum Gasteiger partial charge on any atom is -0.465 e. The van der Waals surface area contributed by atoms with Crippen LogP contribution in [0.15, 0.2) is 35.9 Å². The van der Waals surface area contributed by atoms with Crippen LogP contribution in [0.25, 0.3) is 0 Å². The Morgan fingerprint density at radius 1 is 1.19 bits per heavy atom. The lowest BCUT2D eigenvalue weighted by Crippen LogP contribution is -2.54. The fourth-order valence-corrected chi connectivity index (χ4v) is 4.74. The minimum atomic E-state index is -0.347. The molecule has 0 amide bonds. The van der Waals surface area contributed by atoms with Gasteiger partial charge in [-0.2, -0.15) is 0 Å². The molecule has 1 fully saturated rings. The Balaban J connectivity index is 1.98. The van der Waals surface area contributed by atoms with E-state index in [-0.39, 0.29) is 41.2 Å². The van der Waals surface area contributed by atoms with Gasteiger partial charge in [0.25, 0.3) is 0 Å². The molecule has 5 atom stereocenters. The van der Waals surface area contributed by atoms with Crippen LogP contribution in [0, 0.1) is 23.2 Å². The van der Waals surface area contributed by atoms with Crippen molar-refractivity contribution in [2.75, 3.05) is 13.2 Å². The maximum atomic E-state index is 11.5. The van der Waals surface area contributed by atoms with Crippen molar-refractivity contribution in [3.05, 3.63) is 41.5 Å². The van der Waals surface area contributed by atoms with Crippen LogP contribution in [-0.4, -0.2) is 25.2 Å². The molecule has 1 aliphatic carbocycles. The normalized spacial score (nSPS) is 32.4. The second-order valence-electron chi connectivity index (χ2n) is 7.89. The molecule has 1 aromatic rings. The van der Waals surface area contributed by atoms with Crippen molar-refractivity contribution < 1.29 is 23.8 Å². The zero-order valence-electron chi connectivity index (χ0n) is 16.7. The Bertz CT molecular complexity index is 768. The average molecular weight is 372 g/mol. The Hall–Kier alpha value is -2.14. The highest BCUT2D eigenvalue weighted by atomic mass is 16.5. The van der Waals surface area contributed by atoms with Crippen molar-refractivity contribution in [2.45, 2.75) is 40.7 Å². The number of para-hydroxylation sites is 1. The molecule has 0 radical (unpaired) electrons. The first-order chi connectivity index (χ1) is 12.8. The number of hydrogen-bond donors (Lipinski definition) is 0. The van der Waals surface area contributed by atoms with Crippen LogP contribution < -0.4 is 4.74 Å². The predicted octanol–water partition coefficient (Wildman–Crippen LogP) is 4.08. The summed E-state index contributed by atoms with van der Waals surface area (Å²) in [6.07, 6.45) is 2.07. The first kappa shape index (κ1) is 19.6. The molecule has 5 nitrogen and oxygen atoms in total. The first-order valence-corrected chi connectivity index (χ1v) is 9.47. The Morgan fingerprint density at radius 3 is 2.56 bits per heavy atom. The number of esters is 2. The quantitative estimate of drug-likeness (QED) is 0.453. The molecule has 0 N–H and O–H groups in total. The highest BCUT2D eigenvalue weighted by Gasteiger charge is 2.54. The summed E-state index contributed by atoms with van der Waals surface area (Å²) in [7, 11) is 0. The van der Waals surface area contributed by atoms with E-state index in [4.69, 9.17) is 14.2 Å². The summed E-state index contributed by atoms with van der Waals surface area (Å²) < 4.78 is 17.2. The second kappa shape index (κ2) is 7.47. The van der Waals surface area contributed by atoms with Crippen molar-refractivity contribution in [1.29, 1.82) is 0 Å². The van der Waals surface area contributed by atoms with Gasteiger partial charge in [0.05, 0.1) is 19.3 Å². The summed E-state index contributed by atoms with van der Waals surface area (Å²) in [5.41, 5.74) is 1.90. The standard InChI is InChI=1S/C22H28O5/c1-13-10-14(2)22(11-25-16(4)23)12-26-21(20(13)15(22)3)18-8-6-7-9-19(18)27-17(5)24/h6-10,14-15,20-21H,11-12H2,1-5H3/t14-,15+,20-,21+,22+/m0/s1. The maximum Gasteiger partial charge on any atom is 0.308 e. The molecule has 146 valence electrons. The molecule has 0 spiro atoms. The van der Waals surface area contributed by atoms with Gasteiger partial charge in [-0.05, 0) is 24.8 Å². The van der Waals surface area contributed by atoms with Gasteiger partial charge in [0.1, 0.15) is 5.75 Å². The van der Waals surface area contributed by atoms with E-state index < -0.39 is 0 Å². The van der Waals surface area contributed by atoms with Crippen molar-refractivity contribution >= 4 is 11.9 Å². The number of rotatable bonds is 4. The van der Waals surface area contributed by atoms with Crippen LogP contribution >= 0.6 is 0 Å². The predicted molar refractivity (Wildman–Crippen MR) is 101 cm³/mol. The summed E-state index contributed by atoms with van der Waals surface area (Å²) in [6.45, 7) is 10.2. The van der Waals surface area contributed by atoms with E-state index in [0.29, 0.717) is 19.0 Å². The van der Waals surface area contributed by atoms with Gasteiger partial charge in [-0.1, -0.05) is 43.7 Å². The van der Waals surface area contributed by atoms with Gasteiger partial charge in [0.2, 0.25) is 0 Å². The van der Waals surface area contributed by atoms with Gasteiger partial charge in [-0.3, -0.25) is 9.59 Å². The summed E-state index contributed by atoms with van der Waals surface area (Å²) in [4.78, 5) is 22.9. The summed E-state index contributed by atoms with van der Waals surface area (Å²) in [5.74, 6) is 0.547. The van der Waals surface area contributed by atoms with E-state index in [1.165, 1.54) is 19.4 Å². The minimum absolute atomic E-state index is 0.127. The van der Waals surface area contributed by atoms with E-state index in [0.717, 1.165) is 5.56 Å². The molecule has 0 aromatic heterocycles. The van der Waals surface area contributed by atoms with Gasteiger partial charge in [-0.15, -0.1) is 0 Å². The zero-order valence-corrected chi connectivity index (χ0v) is 16.7. The van der Waals surface area contributed by atoms with Crippen molar-refractivity contribution in [3.8, 4) is 5.75 Å². The molecule has 0 saturated carbocycles. The van der Waals surface area contributed by atoms with Crippen molar-refractivity contribution in [1.82, 2.24) is 0 Å². The van der Waals surface area contributed by atoms with Crippen LogP contribution in [0.5, 0.6) is 5.75 Å². The van der Waals surface area contributed by atoms with Crippen LogP contribution in [0.2, 0.25) is 0 Å². The first-order valence-electron chi connectivity index (χ1n) is 9.47. The largest absolute Gasteiger partial charge is 0.465 e. The Kier molecular flexibility index (Phi) is 5.43. The number of carbonyl (C=O) groups is 2. The lowest BCUT2D eigenvalue weighted by Gasteiger charge is -2.55. The van der Waals surface area contributed by atoms with E-state index in [2.05, 4.69) is 26.8 Å². The highest BCUT2D eigenvalue weighted by molar-refractivity contribution is 5.70. The number of hydrogen-bond acceptors (Lipinski definition) is 5. The molecule has 5 heteroatoms. The zero-order chi connectivity index (χ0) is 19.8. The van der Waals surface area contributed by atoms with Gasteiger partial charge in [-0.25, -0.2) is 0 Å². The molecule has 1 heterocycles. The van der Waals surface area contributed by atoms with Gasteiger partial charge < -0.3 is 14.2 Å². The second-order valence-corrected chi connectivity index (χ2v) is 7.89. The summed E-state index contributed by atoms with van der Waals surface area (Å²) >= 11 is 0. The van der Waals surface area contributed by atoms with E-state index in [9.17, 15) is 9.59 Å². The fourth-order valence-electron chi connectivity index (χ4n) is 4.74. The molecule has 27 heavy (non-hydrogen) atoms. The van der Waals surface area contributed by atoms with Gasteiger partial charge >= 0.3 is 11.9 Å². The number of benzene rings is 1. The molecule has 1 aliphatic heterocycles. The Labute approximate surface area is 160 Å². The molecular weight excluding hydrogens is 344 g/mol. The van der Waals surface area contributed by atoms with E-state index in [1.807, 2.05) is 18.2 Å². The van der Waals surface area contributed by atoms with Gasteiger partial charge in [0, 0.05) is 30.7 Å². The molecular formula is C22H28O5. The number of ether oxygens (including phenoxy) is 3. The summed E-state index contributed by atoms with van der Waals surface area (Å²) in [6, 6.07) is 7.54. The smallest absolute Gasteiger partial charge is 0.308 e. The number of allylic oxidation sites excluding steroid dienone is 1. The molecule has 2 bridgehead atoms. The SMILES string of the molecule is CC(=O)OC[C@@]12CO[C@H](c3ccccc3OC(C)=O)[C@@H](C(C)=C[C@@H]1C)[C@H]2C. The number of carbonyl (C=O) groups excluding carboxylic acids is 2. The third kappa shape index (κ3) is 3.53. The molecule has 1 aromatic carbocycles. The number of fused-ring (bicyclic) bond motifs is 2. The van der Waals surface area contributed by atoms with Crippen LogP contribution in [0.1, 0.15) is 46.3 Å². The maximum absolute atomic E-state index is 11.5. The third-order valence-electron chi connectivity index (χ3n) is 6.27. The van der Waals surface area contributed by atoms with E-state index >= 15 is 0 Å². The average Bonchev–Trinajstić information content (AvgIpc) is 2.59. The topological polar surface area (TPSA) is 61.8 Å². The fraction of sp³-hybridized carbons (Fsp3) is 0.545. The lowest BCUT2D eigenvalue weighted by atomic mass is 9.56. The molecule has 3 rings (SSSR count). The molecule has 2 aliphatic rings. The van der Waals surface area contributed by atoms with Crippen LogP contribution in [-0.2, 0) is 19.1 Å². The van der Waals surface area contributed by atoms with Crippen molar-refractivity contribution in [3.63, 3.8) is 0 Å². The van der Waals surface area contributed by atoms with E-state index in [1.54, 1.807) is 6.07 Å². The van der Waals surface area contributed by atoms with Crippen LogP contribution in [0.3, 0.4) is 0 Å². The highest BCUT2D eigenvalue weighted by Crippen LogP contribution is 2.57. The lowest BCUT2D eigenvalue weighted by molar-refractivity contribution is -0.180. The van der Waals surface area contributed by atoms with Crippen LogP contribution in [0.4, 0.5) is 0 Å². The monoisotopic (exact) mass is 372 g/mol. The third-order valence-corrected chi connectivity index (χ3v) is 6.27.